The highest BCUT2D eigenvalue weighted by Gasteiger charge is 2.19. The Labute approximate surface area is 135 Å². The summed E-state index contributed by atoms with van der Waals surface area (Å²) in [5, 5.41) is 2.93. The maximum Gasteiger partial charge on any atom is 0.236 e. The summed E-state index contributed by atoms with van der Waals surface area (Å²) < 4.78 is 0. The summed E-state index contributed by atoms with van der Waals surface area (Å²) in [4.78, 5) is 16.1. The van der Waals surface area contributed by atoms with Gasteiger partial charge in [-0.3, -0.25) is 4.79 Å². The Morgan fingerprint density at radius 3 is 2.35 bits per heavy atom. The molecule has 3 N–H and O–H groups in total. The summed E-state index contributed by atoms with van der Waals surface area (Å²) in [7, 11) is 4.21. The third-order valence-corrected chi connectivity index (χ3v) is 3.55. The van der Waals surface area contributed by atoms with Crippen LogP contribution < -0.4 is 11.1 Å². The molecule has 1 unspecified atom stereocenters. The number of nitrogens with zero attached hydrogens (tertiary/aromatic N) is 2. The molecule has 1 rings (SSSR count). The maximum absolute atomic E-state index is 11.4. The fourth-order valence-corrected chi connectivity index (χ4v) is 2.16. The van der Waals surface area contributed by atoms with Crippen LogP contribution in [0, 0.1) is 5.92 Å². The van der Waals surface area contributed by atoms with Crippen LogP contribution in [-0.4, -0.2) is 68.6 Å². The number of carbonyl (C=O) groups excluding carboxylic acids is 1. The monoisotopic (exact) mass is 328 g/mol. The van der Waals surface area contributed by atoms with Gasteiger partial charge in [0, 0.05) is 19.6 Å². The number of rotatable bonds is 6. The lowest BCUT2D eigenvalue weighted by Crippen LogP contribution is -2.44. The summed E-state index contributed by atoms with van der Waals surface area (Å²) in [6.07, 6.45) is 2.35. The van der Waals surface area contributed by atoms with Crippen molar-refractivity contribution in [3.63, 3.8) is 0 Å². The first kappa shape index (κ1) is 22.2. The summed E-state index contributed by atoms with van der Waals surface area (Å²) >= 11 is 0. The van der Waals surface area contributed by atoms with Gasteiger partial charge in [0.05, 0.1) is 6.04 Å². The van der Waals surface area contributed by atoms with Crippen molar-refractivity contribution in [1.82, 2.24) is 15.1 Å². The van der Waals surface area contributed by atoms with Crippen LogP contribution >= 0.6 is 24.8 Å². The van der Waals surface area contributed by atoms with Crippen LogP contribution in [0.15, 0.2) is 0 Å². The molecule has 122 valence electrons. The van der Waals surface area contributed by atoms with E-state index in [1.165, 1.54) is 12.8 Å². The molecule has 5 nitrogen and oxygen atoms in total. The minimum atomic E-state index is -0.398. The van der Waals surface area contributed by atoms with Gasteiger partial charge in [-0.25, -0.2) is 0 Å². The molecule has 0 aliphatic carbocycles. The molecule has 1 saturated heterocycles. The molecular formula is C13H30Cl2N4O. The molecule has 7 heteroatoms. The Balaban J connectivity index is 0. The Kier molecular flexibility index (Phi) is 12.9. The number of likely N-dealkylation sites (N-methyl/N-ethyl adjacent to an activating group) is 1. The van der Waals surface area contributed by atoms with Gasteiger partial charge in [-0.2, -0.15) is 0 Å². The van der Waals surface area contributed by atoms with Gasteiger partial charge in [0.2, 0.25) is 5.91 Å². The van der Waals surface area contributed by atoms with Gasteiger partial charge < -0.3 is 20.9 Å². The van der Waals surface area contributed by atoms with E-state index in [4.69, 9.17) is 5.73 Å². The highest BCUT2D eigenvalue weighted by Crippen LogP contribution is 2.15. The summed E-state index contributed by atoms with van der Waals surface area (Å²) in [6.45, 7) is 7.05. The van der Waals surface area contributed by atoms with Crippen molar-refractivity contribution in [3.05, 3.63) is 0 Å². The average Bonchev–Trinajstić information content (AvgIpc) is 2.34. The number of hydrogen-bond acceptors (Lipinski definition) is 4. The van der Waals surface area contributed by atoms with Crippen molar-refractivity contribution in [2.24, 2.45) is 11.7 Å². The topological polar surface area (TPSA) is 61.6 Å². The molecule has 0 aromatic heterocycles. The fourth-order valence-electron chi connectivity index (χ4n) is 2.16. The minimum absolute atomic E-state index is 0. The normalized spacial score (nSPS) is 18.1. The first-order chi connectivity index (χ1) is 8.49. The van der Waals surface area contributed by atoms with Crippen molar-refractivity contribution >= 4 is 30.7 Å². The minimum Gasteiger partial charge on any atom is -0.354 e. The number of likely N-dealkylation sites (tertiary alicyclic amines) is 1. The fraction of sp³-hybridized carbons (Fsp3) is 0.923. The molecule has 0 radical (unpaired) electrons. The van der Waals surface area contributed by atoms with Crippen LogP contribution in [0.4, 0.5) is 0 Å². The van der Waals surface area contributed by atoms with E-state index >= 15 is 0 Å². The second-order valence-electron chi connectivity index (χ2n) is 5.62. The van der Waals surface area contributed by atoms with Crippen molar-refractivity contribution in [2.45, 2.75) is 25.8 Å². The molecular weight excluding hydrogens is 299 g/mol. The predicted molar refractivity (Wildman–Crippen MR) is 88.9 cm³/mol. The largest absolute Gasteiger partial charge is 0.354 e. The number of piperidine rings is 1. The zero-order chi connectivity index (χ0) is 13.5. The average molecular weight is 329 g/mol. The molecule has 0 aromatic carbocycles. The van der Waals surface area contributed by atoms with Gasteiger partial charge in [0.1, 0.15) is 0 Å². The summed E-state index contributed by atoms with van der Waals surface area (Å²) in [5.74, 6) is 0.577. The number of carbonyl (C=O) groups is 1. The Bertz CT molecular complexity index is 257. The third kappa shape index (κ3) is 8.97. The quantitative estimate of drug-likeness (QED) is 0.748. The lowest BCUT2D eigenvalue weighted by Gasteiger charge is -2.32. The number of amides is 1. The first-order valence-corrected chi connectivity index (χ1v) is 6.89. The third-order valence-electron chi connectivity index (χ3n) is 3.55. The molecule has 0 bridgehead atoms. The molecule has 1 heterocycles. The van der Waals surface area contributed by atoms with Crippen LogP contribution in [-0.2, 0) is 4.79 Å². The van der Waals surface area contributed by atoms with E-state index in [2.05, 4.69) is 29.2 Å². The highest BCUT2D eigenvalue weighted by molar-refractivity contribution is 5.85. The number of nitrogens with one attached hydrogen (secondary N) is 1. The zero-order valence-corrected chi connectivity index (χ0v) is 14.4. The van der Waals surface area contributed by atoms with Gasteiger partial charge in [0.15, 0.2) is 0 Å². The summed E-state index contributed by atoms with van der Waals surface area (Å²) in [6, 6.07) is -0.398. The van der Waals surface area contributed by atoms with Gasteiger partial charge in [-0.05, 0) is 52.9 Å². The maximum atomic E-state index is 11.4. The number of hydrogen-bond donors (Lipinski definition) is 2. The second kappa shape index (κ2) is 11.6. The predicted octanol–water partition coefficient (Wildman–Crippen LogP) is 0.567. The summed E-state index contributed by atoms with van der Waals surface area (Å²) in [5.41, 5.74) is 5.52. The van der Waals surface area contributed by atoms with E-state index in [9.17, 15) is 4.79 Å². The van der Waals surface area contributed by atoms with Crippen LogP contribution in [0.1, 0.15) is 19.8 Å². The van der Waals surface area contributed by atoms with Crippen molar-refractivity contribution in [3.8, 4) is 0 Å². The van der Waals surface area contributed by atoms with Gasteiger partial charge >= 0.3 is 0 Å². The van der Waals surface area contributed by atoms with Crippen molar-refractivity contribution in [1.29, 1.82) is 0 Å². The number of halogens is 2. The molecule has 1 amide bonds. The van der Waals surface area contributed by atoms with Crippen LogP contribution in [0.2, 0.25) is 0 Å². The smallest absolute Gasteiger partial charge is 0.236 e. The lowest BCUT2D eigenvalue weighted by molar-refractivity contribution is -0.122. The molecule has 1 fully saturated rings. The van der Waals surface area contributed by atoms with E-state index < -0.39 is 6.04 Å². The van der Waals surface area contributed by atoms with Crippen molar-refractivity contribution < 1.29 is 4.79 Å². The molecule has 0 aromatic rings. The van der Waals surface area contributed by atoms with E-state index in [1.807, 2.05) is 0 Å². The lowest BCUT2D eigenvalue weighted by atomic mass is 9.96. The molecule has 1 aliphatic rings. The molecule has 0 spiro atoms. The van der Waals surface area contributed by atoms with Gasteiger partial charge in [0.25, 0.3) is 0 Å². The Hall–Kier alpha value is -0.0700. The van der Waals surface area contributed by atoms with E-state index in [0.717, 1.165) is 32.7 Å². The van der Waals surface area contributed by atoms with E-state index in [-0.39, 0.29) is 30.7 Å². The van der Waals surface area contributed by atoms with Crippen LogP contribution in [0.5, 0.6) is 0 Å². The number of nitrogens with two attached hydrogens (primary N) is 1. The highest BCUT2D eigenvalue weighted by atomic mass is 35.5. The molecule has 1 aliphatic heterocycles. The van der Waals surface area contributed by atoms with Crippen LogP contribution in [0.25, 0.3) is 0 Å². The van der Waals surface area contributed by atoms with Crippen LogP contribution in [0.3, 0.4) is 0 Å². The zero-order valence-electron chi connectivity index (χ0n) is 12.8. The molecule has 1 atom stereocenters. The van der Waals surface area contributed by atoms with Gasteiger partial charge in [-0.15, -0.1) is 24.8 Å². The van der Waals surface area contributed by atoms with Gasteiger partial charge in [-0.1, -0.05) is 0 Å². The molecule has 0 saturated carbocycles. The second-order valence-corrected chi connectivity index (χ2v) is 5.62. The molecule has 20 heavy (non-hydrogen) atoms. The standard InChI is InChI=1S/C13H28N4O.2ClH/c1-11(14)13(18)15-10-12-4-6-17(7-5-12)9-8-16(2)3;;/h11-12H,4-10,14H2,1-3H3,(H,15,18);2*1H. The Morgan fingerprint density at radius 1 is 1.35 bits per heavy atom. The first-order valence-electron chi connectivity index (χ1n) is 6.89. The Morgan fingerprint density at radius 2 is 1.90 bits per heavy atom. The van der Waals surface area contributed by atoms with E-state index in [1.54, 1.807) is 6.92 Å². The van der Waals surface area contributed by atoms with Crippen molar-refractivity contribution in [2.75, 3.05) is 46.8 Å². The van der Waals surface area contributed by atoms with E-state index in [0.29, 0.717) is 5.92 Å². The SMILES string of the molecule is CC(N)C(=O)NCC1CCN(CCN(C)C)CC1.Cl.Cl.